The third kappa shape index (κ3) is 3.56. The minimum atomic E-state index is -0.458. The maximum absolute atomic E-state index is 12.8. The summed E-state index contributed by atoms with van der Waals surface area (Å²) in [6.07, 6.45) is 1.58. The number of furan rings is 1. The number of benzene rings is 2. The van der Waals surface area contributed by atoms with E-state index in [4.69, 9.17) is 4.42 Å². The fourth-order valence-corrected chi connectivity index (χ4v) is 4.25. The third-order valence-electron chi connectivity index (χ3n) is 4.55. The Bertz CT molecular complexity index is 1550. The van der Waals surface area contributed by atoms with Gasteiger partial charge in [-0.15, -0.1) is 5.10 Å². The molecule has 5 rings (SSSR count). The number of hydrogen-bond donors (Lipinski definition) is 0. The standard InChI is InChI=1S/C21H11BrN4O4S/c22-13-7-5-12(6-8-13)19-23-21-25(24-19)20(27)18(31-21)11-14-9-10-17(30-14)15-3-1-2-4-16(15)26(28)29/h1-11H. The zero-order chi connectivity index (χ0) is 21.5. The molecule has 8 nitrogen and oxygen atoms in total. The molecule has 0 atom stereocenters. The highest BCUT2D eigenvalue weighted by molar-refractivity contribution is 9.10. The minimum Gasteiger partial charge on any atom is -0.456 e. The van der Waals surface area contributed by atoms with Crippen LogP contribution in [0.1, 0.15) is 5.76 Å². The Kier molecular flexibility index (Phi) is 4.72. The summed E-state index contributed by atoms with van der Waals surface area (Å²) in [6.45, 7) is 0. The van der Waals surface area contributed by atoms with Gasteiger partial charge in [-0.25, -0.2) is 0 Å². The third-order valence-corrected chi connectivity index (χ3v) is 6.04. The molecule has 0 bridgehead atoms. The molecule has 0 spiro atoms. The van der Waals surface area contributed by atoms with Crippen LogP contribution in [0.5, 0.6) is 0 Å². The first-order valence-electron chi connectivity index (χ1n) is 9.00. The molecule has 3 aromatic heterocycles. The molecule has 2 aromatic carbocycles. The first-order valence-corrected chi connectivity index (χ1v) is 10.6. The summed E-state index contributed by atoms with van der Waals surface area (Å²) in [5.41, 5.74) is 0.826. The van der Waals surface area contributed by atoms with Gasteiger partial charge in [0, 0.05) is 22.2 Å². The normalized spacial score (nSPS) is 12.0. The molecule has 0 aliphatic heterocycles. The monoisotopic (exact) mass is 494 g/mol. The van der Waals surface area contributed by atoms with Gasteiger partial charge in [-0.1, -0.05) is 51.5 Å². The molecule has 0 aliphatic carbocycles. The van der Waals surface area contributed by atoms with Gasteiger partial charge in [0.05, 0.1) is 10.5 Å². The van der Waals surface area contributed by atoms with E-state index in [1.54, 1.807) is 36.4 Å². The Balaban J connectivity index is 1.52. The van der Waals surface area contributed by atoms with Crippen LogP contribution in [0.3, 0.4) is 0 Å². The van der Waals surface area contributed by atoms with E-state index < -0.39 is 4.92 Å². The summed E-state index contributed by atoms with van der Waals surface area (Å²) in [7, 11) is 0. The second kappa shape index (κ2) is 7.56. The highest BCUT2D eigenvalue weighted by Crippen LogP contribution is 2.31. The van der Waals surface area contributed by atoms with Gasteiger partial charge in [0.2, 0.25) is 4.96 Å². The van der Waals surface area contributed by atoms with Crippen LogP contribution < -0.4 is 10.1 Å². The molecule has 0 unspecified atom stereocenters. The largest absolute Gasteiger partial charge is 0.456 e. The van der Waals surface area contributed by atoms with E-state index in [0.717, 1.165) is 10.0 Å². The van der Waals surface area contributed by atoms with Crippen LogP contribution in [0.15, 0.2) is 74.3 Å². The lowest BCUT2D eigenvalue weighted by molar-refractivity contribution is -0.384. The van der Waals surface area contributed by atoms with Crippen molar-refractivity contribution in [3.05, 3.63) is 95.9 Å². The van der Waals surface area contributed by atoms with Crippen molar-refractivity contribution in [3.63, 3.8) is 0 Å². The lowest BCUT2D eigenvalue weighted by Gasteiger charge is -1.98. The van der Waals surface area contributed by atoms with Crippen molar-refractivity contribution in [1.82, 2.24) is 14.6 Å². The Morgan fingerprint density at radius 3 is 2.61 bits per heavy atom. The number of fused-ring (bicyclic) bond motifs is 1. The molecule has 0 N–H and O–H groups in total. The summed E-state index contributed by atoms with van der Waals surface area (Å²) in [5.74, 6) is 1.23. The van der Waals surface area contributed by atoms with Gasteiger partial charge in [-0.05, 0) is 30.3 Å². The zero-order valence-corrected chi connectivity index (χ0v) is 18.0. The number of aromatic nitrogens is 3. The van der Waals surface area contributed by atoms with Crippen LogP contribution in [-0.4, -0.2) is 19.5 Å². The quantitative estimate of drug-likeness (QED) is 0.272. The molecule has 0 fully saturated rings. The smallest absolute Gasteiger partial charge is 0.291 e. The number of halogens is 1. The van der Waals surface area contributed by atoms with E-state index in [0.29, 0.717) is 32.4 Å². The average molecular weight is 495 g/mol. The number of hydrogen-bond acceptors (Lipinski definition) is 7. The Morgan fingerprint density at radius 1 is 1.10 bits per heavy atom. The SMILES string of the molecule is O=c1c(=Cc2ccc(-c3ccccc3[N+](=O)[O-])o2)sc2nc(-c3ccc(Br)cc3)nn12. The molecule has 0 saturated heterocycles. The molecule has 0 amide bonds. The van der Waals surface area contributed by atoms with Gasteiger partial charge in [0.25, 0.3) is 11.2 Å². The first kappa shape index (κ1) is 19.3. The molecular weight excluding hydrogens is 484 g/mol. The summed E-state index contributed by atoms with van der Waals surface area (Å²) in [4.78, 5) is 28.5. The molecule has 31 heavy (non-hydrogen) atoms. The van der Waals surface area contributed by atoms with E-state index in [2.05, 4.69) is 26.0 Å². The summed E-state index contributed by atoms with van der Waals surface area (Å²) >= 11 is 4.58. The van der Waals surface area contributed by atoms with Crippen molar-refractivity contribution < 1.29 is 9.34 Å². The Morgan fingerprint density at radius 2 is 1.87 bits per heavy atom. The van der Waals surface area contributed by atoms with Gasteiger partial charge in [0.1, 0.15) is 16.1 Å². The molecule has 5 aromatic rings. The van der Waals surface area contributed by atoms with Crippen molar-refractivity contribution in [2.24, 2.45) is 0 Å². The second-order valence-electron chi connectivity index (χ2n) is 6.53. The van der Waals surface area contributed by atoms with Gasteiger partial charge >= 0.3 is 0 Å². The topological polar surface area (TPSA) is 104 Å². The van der Waals surface area contributed by atoms with Gasteiger partial charge in [-0.3, -0.25) is 14.9 Å². The number of nitro groups is 1. The first-order chi connectivity index (χ1) is 15.0. The van der Waals surface area contributed by atoms with Crippen molar-refractivity contribution in [3.8, 4) is 22.7 Å². The number of nitrogens with zero attached hydrogens (tertiary/aromatic N) is 4. The predicted molar refractivity (Wildman–Crippen MR) is 120 cm³/mol. The summed E-state index contributed by atoms with van der Waals surface area (Å²) in [6, 6.07) is 17.1. The van der Waals surface area contributed by atoms with E-state index in [9.17, 15) is 14.9 Å². The maximum atomic E-state index is 12.8. The molecule has 10 heteroatoms. The fraction of sp³-hybridized carbons (Fsp3) is 0. The van der Waals surface area contributed by atoms with Crippen LogP contribution in [0.25, 0.3) is 33.7 Å². The van der Waals surface area contributed by atoms with Crippen LogP contribution >= 0.6 is 27.3 Å². The summed E-state index contributed by atoms with van der Waals surface area (Å²) in [5, 5.41) is 15.6. The average Bonchev–Trinajstić information content (AvgIpc) is 3.46. The molecule has 152 valence electrons. The van der Waals surface area contributed by atoms with Crippen LogP contribution in [0, 0.1) is 10.1 Å². The maximum Gasteiger partial charge on any atom is 0.291 e. The lowest BCUT2D eigenvalue weighted by Crippen LogP contribution is -2.23. The molecular formula is C21H11BrN4O4S. The highest BCUT2D eigenvalue weighted by atomic mass is 79.9. The number of nitro benzene ring substituents is 1. The van der Waals surface area contributed by atoms with Crippen LogP contribution in [0.2, 0.25) is 0 Å². The molecule has 0 saturated carbocycles. The van der Waals surface area contributed by atoms with Crippen LogP contribution in [0.4, 0.5) is 5.69 Å². The van der Waals surface area contributed by atoms with Gasteiger partial charge < -0.3 is 4.42 Å². The van der Waals surface area contributed by atoms with Crippen molar-refractivity contribution in [2.75, 3.05) is 0 Å². The molecule has 3 heterocycles. The zero-order valence-electron chi connectivity index (χ0n) is 15.6. The minimum absolute atomic E-state index is 0.0489. The van der Waals surface area contributed by atoms with E-state index in [1.165, 1.54) is 21.9 Å². The van der Waals surface area contributed by atoms with Gasteiger partial charge in [0.15, 0.2) is 5.82 Å². The highest BCUT2D eigenvalue weighted by Gasteiger charge is 2.17. The Labute approximate surface area is 186 Å². The van der Waals surface area contributed by atoms with Crippen molar-refractivity contribution in [1.29, 1.82) is 0 Å². The van der Waals surface area contributed by atoms with E-state index in [-0.39, 0.29) is 11.2 Å². The second-order valence-corrected chi connectivity index (χ2v) is 8.45. The van der Waals surface area contributed by atoms with E-state index in [1.807, 2.05) is 24.3 Å². The van der Waals surface area contributed by atoms with Crippen molar-refractivity contribution in [2.45, 2.75) is 0 Å². The van der Waals surface area contributed by atoms with Crippen molar-refractivity contribution >= 4 is 44.0 Å². The Hall–Kier alpha value is -3.63. The number of rotatable bonds is 4. The molecule has 0 radical (unpaired) electrons. The van der Waals surface area contributed by atoms with Gasteiger partial charge in [-0.2, -0.15) is 9.50 Å². The fourth-order valence-electron chi connectivity index (χ4n) is 3.10. The van der Waals surface area contributed by atoms with E-state index >= 15 is 0 Å². The lowest BCUT2D eigenvalue weighted by atomic mass is 10.1. The predicted octanol–water partition coefficient (Wildman–Crippen LogP) is 4.30. The molecule has 0 aliphatic rings. The number of thiazole rings is 1. The van der Waals surface area contributed by atoms with Crippen LogP contribution in [-0.2, 0) is 0 Å². The summed E-state index contributed by atoms with van der Waals surface area (Å²) < 4.78 is 8.36. The number of para-hydroxylation sites is 1.